The van der Waals surface area contributed by atoms with Crippen LogP contribution in [0.3, 0.4) is 0 Å². The lowest BCUT2D eigenvalue weighted by molar-refractivity contribution is -0.139. The predicted molar refractivity (Wildman–Crippen MR) is 94.7 cm³/mol. The number of hydrogen-bond donors (Lipinski definition) is 2. The van der Waals surface area contributed by atoms with E-state index in [-0.39, 0.29) is 19.0 Å². The zero-order valence-corrected chi connectivity index (χ0v) is 15.0. The highest BCUT2D eigenvalue weighted by molar-refractivity contribution is 5.92. The quantitative estimate of drug-likeness (QED) is 0.731. The molecule has 0 aromatic heterocycles. The second-order valence-electron chi connectivity index (χ2n) is 6.26. The second-order valence-corrected chi connectivity index (χ2v) is 6.26. The number of carbonyl (C=O) groups excluding carboxylic acids is 2. The van der Waals surface area contributed by atoms with Gasteiger partial charge in [0.25, 0.3) is 0 Å². The van der Waals surface area contributed by atoms with Gasteiger partial charge in [-0.1, -0.05) is 0 Å². The minimum absolute atomic E-state index is 0.120. The SMILES string of the molecule is CN(CC(=O)NCC(F)(F)F)CC(=O)Nc1ccc(N2CCOCC2)cc1. The Kier molecular flexibility index (Phi) is 7.43. The van der Waals surface area contributed by atoms with Gasteiger partial charge < -0.3 is 20.3 Å². The summed E-state index contributed by atoms with van der Waals surface area (Å²) in [6, 6.07) is 7.35. The predicted octanol–water partition coefficient (Wildman–Crippen LogP) is 1.07. The van der Waals surface area contributed by atoms with Gasteiger partial charge in [-0.2, -0.15) is 13.2 Å². The topological polar surface area (TPSA) is 73.9 Å². The fraction of sp³-hybridized carbons (Fsp3) is 0.529. The molecule has 10 heteroatoms. The Labute approximate surface area is 155 Å². The Hall–Kier alpha value is -2.33. The molecule has 7 nitrogen and oxygen atoms in total. The van der Waals surface area contributed by atoms with Gasteiger partial charge in [0, 0.05) is 24.5 Å². The monoisotopic (exact) mass is 388 g/mol. The third-order valence-electron chi connectivity index (χ3n) is 3.84. The van der Waals surface area contributed by atoms with Gasteiger partial charge in [0.05, 0.1) is 26.3 Å². The fourth-order valence-corrected chi connectivity index (χ4v) is 2.58. The molecule has 1 aliphatic heterocycles. The van der Waals surface area contributed by atoms with Crippen LogP contribution in [0.2, 0.25) is 0 Å². The van der Waals surface area contributed by atoms with E-state index in [1.54, 1.807) is 17.4 Å². The zero-order chi connectivity index (χ0) is 19.9. The van der Waals surface area contributed by atoms with E-state index in [4.69, 9.17) is 4.74 Å². The molecule has 1 heterocycles. The van der Waals surface area contributed by atoms with Gasteiger partial charge in [-0.25, -0.2) is 0 Å². The number of nitrogens with one attached hydrogen (secondary N) is 2. The number of alkyl halides is 3. The van der Waals surface area contributed by atoms with Crippen LogP contribution in [0.25, 0.3) is 0 Å². The van der Waals surface area contributed by atoms with E-state index in [0.29, 0.717) is 18.9 Å². The first kappa shape index (κ1) is 21.0. The first-order chi connectivity index (χ1) is 12.7. The molecule has 2 rings (SSSR count). The van der Waals surface area contributed by atoms with Crippen LogP contribution in [0.15, 0.2) is 24.3 Å². The molecule has 0 bridgehead atoms. The van der Waals surface area contributed by atoms with Gasteiger partial charge in [-0.05, 0) is 31.3 Å². The van der Waals surface area contributed by atoms with E-state index < -0.39 is 18.6 Å². The Morgan fingerprint density at radius 3 is 2.30 bits per heavy atom. The number of rotatable bonds is 7. The first-order valence-electron chi connectivity index (χ1n) is 8.47. The Balaban J connectivity index is 1.75. The van der Waals surface area contributed by atoms with Crippen molar-refractivity contribution < 1.29 is 27.5 Å². The van der Waals surface area contributed by atoms with E-state index in [2.05, 4.69) is 10.2 Å². The van der Waals surface area contributed by atoms with Crippen molar-refractivity contribution in [3.63, 3.8) is 0 Å². The molecule has 0 aliphatic carbocycles. The van der Waals surface area contributed by atoms with Crippen LogP contribution >= 0.6 is 0 Å². The van der Waals surface area contributed by atoms with Crippen molar-refractivity contribution in [2.45, 2.75) is 6.18 Å². The standard InChI is InChI=1S/C17H23F3N4O3/c1-23(10-15(25)21-12-17(18,19)20)11-16(26)22-13-2-4-14(5-3-13)24-6-8-27-9-7-24/h2-5H,6-12H2,1H3,(H,21,25)(H,22,26). The number of amides is 2. The minimum atomic E-state index is -4.46. The van der Waals surface area contributed by atoms with Crippen LogP contribution in [-0.4, -0.2) is 75.9 Å². The maximum atomic E-state index is 12.1. The molecule has 27 heavy (non-hydrogen) atoms. The van der Waals surface area contributed by atoms with Crippen molar-refractivity contribution in [3.05, 3.63) is 24.3 Å². The molecule has 2 amide bonds. The van der Waals surface area contributed by atoms with Gasteiger partial charge in [-0.3, -0.25) is 14.5 Å². The number of hydrogen-bond acceptors (Lipinski definition) is 5. The largest absolute Gasteiger partial charge is 0.405 e. The first-order valence-corrected chi connectivity index (χ1v) is 8.47. The number of likely N-dealkylation sites (N-methyl/N-ethyl adjacent to an activating group) is 1. The van der Waals surface area contributed by atoms with Crippen LogP contribution in [-0.2, 0) is 14.3 Å². The molecule has 150 valence electrons. The number of halogens is 3. The fourth-order valence-electron chi connectivity index (χ4n) is 2.58. The number of benzene rings is 1. The van der Waals surface area contributed by atoms with Crippen molar-refractivity contribution in [3.8, 4) is 0 Å². The summed E-state index contributed by atoms with van der Waals surface area (Å²) >= 11 is 0. The number of carbonyl (C=O) groups is 2. The van der Waals surface area contributed by atoms with E-state index in [0.717, 1.165) is 18.8 Å². The number of ether oxygens (including phenoxy) is 1. The normalized spacial score (nSPS) is 14.9. The number of anilines is 2. The molecule has 0 saturated carbocycles. The molecule has 1 aliphatic rings. The lowest BCUT2D eigenvalue weighted by Gasteiger charge is -2.28. The highest BCUT2D eigenvalue weighted by atomic mass is 19.4. The van der Waals surface area contributed by atoms with Gasteiger partial charge in [0.15, 0.2) is 0 Å². The van der Waals surface area contributed by atoms with Gasteiger partial charge in [0.1, 0.15) is 6.54 Å². The van der Waals surface area contributed by atoms with E-state index in [9.17, 15) is 22.8 Å². The van der Waals surface area contributed by atoms with E-state index in [1.165, 1.54) is 11.9 Å². The second kappa shape index (κ2) is 9.56. The van der Waals surface area contributed by atoms with Crippen LogP contribution in [0.4, 0.5) is 24.5 Å². The minimum Gasteiger partial charge on any atom is -0.378 e. The van der Waals surface area contributed by atoms with Crippen molar-refractivity contribution in [1.82, 2.24) is 10.2 Å². The van der Waals surface area contributed by atoms with Crippen molar-refractivity contribution >= 4 is 23.2 Å². The van der Waals surface area contributed by atoms with Crippen LogP contribution < -0.4 is 15.5 Å². The molecule has 0 radical (unpaired) electrons. The third kappa shape index (κ3) is 7.83. The van der Waals surface area contributed by atoms with Crippen molar-refractivity contribution in [1.29, 1.82) is 0 Å². The summed E-state index contributed by atoms with van der Waals surface area (Å²) < 4.78 is 41.5. The molecule has 1 fully saturated rings. The summed E-state index contributed by atoms with van der Waals surface area (Å²) in [5.41, 5.74) is 1.64. The zero-order valence-electron chi connectivity index (χ0n) is 15.0. The Morgan fingerprint density at radius 1 is 1.11 bits per heavy atom. The summed E-state index contributed by atoms with van der Waals surface area (Å²) in [7, 11) is 1.48. The lowest BCUT2D eigenvalue weighted by atomic mass is 10.2. The summed E-state index contributed by atoms with van der Waals surface area (Å²) in [6.45, 7) is 1.17. The highest BCUT2D eigenvalue weighted by Crippen LogP contribution is 2.19. The van der Waals surface area contributed by atoms with Gasteiger partial charge >= 0.3 is 6.18 Å². The summed E-state index contributed by atoms with van der Waals surface area (Å²) in [4.78, 5) is 27.0. The summed E-state index contributed by atoms with van der Waals surface area (Å²) in [6.07, 6.45) is -4.46. The number of morpholine rings is 1. The molecule has 1 saturated heterocycles. The van der Waals surface area contributed by atoms with Crippen LogP contribution in [0.1, 0.15) is 0 Å². The molecule has 0 unspecified atom stereocenters. The van der Waals surface area contributed by atoms with Crippen LogP contribution in [0, 0.1) is 0 Å². The molecule has 0 atom stereocenters. The number of nitrogens with zero attached hydrogens (tertiary/aromatic N) is 2. The Bertz CT molecular complexity index is 631. The van der Waals surface area contributed by atoms with E-state index >= 15 is 0 Å². The smallest absolute Gasteiger partial charge is 0.378 e. The van der Waals surface area contributed by atoms with Gasteiger partial charge in [0.2, 0.25) is 11.8 Å². The van der Waals surface area contributed by atoms with Crippen molar-refractivity contribution in [2.75, 3.05) is 63.2 Å². The molecule has 2 N–H and O–H groups in total. The maximum Gasteiger partial charge on any atom is 0.405 e. The maximum absolute atomic E-state index is 12.1. The lowest BCUT2D eigenvalue weighted by Crippen LogP contribution is -2.41. The molecule has 1 aromatic rings. The third-order valence-corrected chi connectivity index (χ3v) is 3.84. The van der Waals surface area contributed by atoms with Crippen LogP contribution in [0.5, 0.6) is 0 Å². The van der Waals surface area contributed by atoms with Crippen molar-refractivity contribution in [2.24, 2.45) is 0 Å². The summed E-state index contributed by atoms with van der Waals surface area (Å²) in [5.74, 6) is -1.15. The highest BCUT2D eigenvalue weighted by Gasteiger charge is 2.27. The molecule has 0 spiro atoms. The molecular weight excluding hydrogens is 365 g/mol. The average Bonchev–Trinajstić information content (AvgIpc) is 2.60. The Morgan fingerprint density at radius 2 is 1.70 bits per heavy atom. The summed E-state index contributed by atoms with van der Waals surface area (Å²) in [5, 5.41) is 4.46. The van der Waals surface area contributed by atoms with Gasteiger partial charge in [-0.15, -0.1) is 0 Å². The van der Waals surface area contributed by atoms with E-state index in [1.807, 2.05) is 12.1 Å². The molecule has 1 aromatic carbocycles. The average molecular weight is 388 g/mol. The molecular formula is C17H23F3N4O3.